The highest BCUT2D eigenvalue weighted by Crippen LogP contribution is 2.11. The fourth-order valence-corrected chi connectivity index (χ4v) is 1.22. The Hall–Kier alpha value is -1.42. The number of hydrogen-bond donors (Lipinski definition) is 1. The molecule has 0 atom stereocenters. The number of phenols is 1. The zero-order chi connectivity index (χ0) is 10.2. The summed E-state index contributed by atoms with van der Waals surface area (Å²) in [6.45, 7) is 2.13. The van der Waals surface area contributed by atoms with E-state index in [0.29, 0.717) is 5.75 Å². The highest BCUT2D eigenvalue weighted by atomic mass is 16.3. The SMILES string of the molecule is CCCC#CCCc1cccc(O)c1. The highest BCUT2D eigenvalue weighted by Gasteiger charge is 1.92. The van der Waals surface area contributed by atoms with Gasteiger partial charge in [-0.1, -0.05) is 19.1 Å². The van der Waals surface area contributed by atoms with E-state index >= 15 is 0 Å². The van der Waals surface area contributed by atoms with Crippen LogP contribution in [0, 0.1) is 11.8 Å². The van der Waals surface area contributed by atoms with Gasteiger partial charge >= 0.3 is 0 Å². The lowest BCUT2D eigenvalue weighted by Crippen LogP contribution is -1.82. The second-order valence-corrected chi connectivity index (χ2v) is 3.27. The molecule has 1 nitrogen and oxygen atoms in total. The molecule has 0 amide bonds. The van der Waals surface area contributed by atoms with Gasteiger partial charge in [0.15, 0.2) is 0 Å². The maximum Gasteiger partial charge on any atom is 0.115 e. The summed E-state index contributed by atoms with van der Waals surface area (Å²) in [5.74, 6) is 6.57. The maximum atomic E-state index is 9.22. The fourth-order valence-electron chi connectivity index (χ4n) is 1.22. The Balaban J connectivity index is 2.36. The first-order chi connectivity index (χ1) is 6.83. The maximum absolute atomic E-state index is 9.22. The summed E-state index contributed by atoms with van der Waals surface area (Å²) in [7, 11) is 0. The number of hydrogen-bond acceptors (Lipinski definition) is 1. The van der Waals surface area contributed by atoms with Gasteiger partial charge in [-0.25, -0.2) is 0 Å². The zero-order valence-electron chi connectivity index (χ0n) is 8.59. The summed E-state index contributed by atoms with van der Waals surface area (Å²) in [5.41, 5.74) is 1.15. The van der Waals surface area contributed by atoms with Crippen molar-refractivity contribution in [2.24, 2.45) is 0 Å². The third kappa shape index (κ3) is 4.00. The van der Waals surface area contributed by atoms with Crippen LogP contribution in [0.25, 0.3) is 0 Å². The molecule has 1 heteroatoms. The van der Waals surface area contributed by atoms with E-state index in [2.05, 4.69) is 18.8 Å². The molecular formula is C13H16O. The first-order valence-electron chi connectivity index (χ1n) is 5.06. The molecule has 0 fully saturated rings. The van der Waals surface area contributed by atoms with Gasteiger partial charge in [0.1, 0.15) is 5.75 Å². The Morgan fingerprint density at radius 1 is 1.21 bits per heavy atom. The molecule has 1 aromatic rings. The van der Waals surface area contributed by atoms with Gasteiger partial charge in [-0.2, -0.15) is 0 Å². The van der Waals surface area contributed by atoms with Crippen molar-refractivity contribution in [3.8, 4) is 17.6 Å². The molecule has 1 rings (SSSR count). The molecule has 14 heavy (non-hydrogen) atoms. The van der Waals surface area contributed by atoms with Crippen molar-refractivity contribution in [1.82, 2.24) is 0 Å². The molecule has 0 saturated heterocycles. The van der Waals surface area contributed by atoms with E-state index in [1.54, 1.807) is 12.1 Å². The largest absolute Gasteiger partial charge is 0.508 e. The van der Waals surface area contributed by atoms with Crippen molar-refractivity contribution >= 4 is 0 Å². The number of aryl methyl sites for hydroxylation is 1. The van der Waals surface area contributed by atoms with E-state index < -0.39 is 0 Å². The molecule has 0 aromatic heterocycles. The Kier molecular flexibility index (Phi) is 4.64. The molecule has 0 unspecified atom stereocenters. The van der Waals surface area contributed by atoms with Crippen LogP contribution in [0.15, 0.2) is 24.3 Å². The first kappa shape index (κ1) is 10.7. The van der Waals surface area contributed by atoms with Gasteiger partial charge in [0.25, 0.3) is 0 Å². The standard InChI is InChI=1S/C13H16O/c1-2-3-4-5-6-8-12-9-7-10-13(14)11-12/h7,9-11,14H,2-3,6,8H2,1H3. The molecule has 0 saturated carbocycles. The molecule has 0 radical (unpaired) electrons. The average molecular weight is 188 g/mol. The summed E-state index contributed by atoms with van der Waals surface area (Å²) in [6, 6.07) is 7.36. The molecule has 0 aliphatic heterocycles. The molecular weight excluding hydrogens is 172 g/mol. The number of unbranched alkanes of at least 4 members (excludes halogenated alkanes) is 1. The molecule has 0 bridgehead atoms. The van der Waals surface area contributed by atoms with Gasteiger partial charge < -0.3 is 5.11 Å². The van der Waals surface area contributed by atoms with Crippen LogP contribution in [-0.4, -0.2) is 5.11 Å². The van der Waals surface area contributed by atoms with Crippen molar-refractivity contribution in [1.29, 1.82) is 0 Å². The van der Waals surface area contributed by atoms with Crippen LogP contribution in [-0.2, 0) is 6.42 Å². The predicted octanol–water partition coefficient (Wildman–Crippen LogP) is 3.13. The summed E-state index contributed by atoms with van der Waals surface area (Å²) in [4.78, 5) is 0. The molecule has 0 aliphatic carbocycles. The Labute approximate surface area is 85.8 Å². The quantitative estimate of drug-likeness (QED) is 0.722. The van der Waals surface area contributed by atoms with E-state index in [1.165, 1.54) is 0 Å². The summed E-state index contributed by atoms with van der Waals surface area (Å²) in [5, 5.41) is 9.22. The van der Waals surface area contributed by atoms with Crippen molar-refractivity contribution < 1.29 is 5.11 Å². The molecule has 0 spiro atoms. The van der Waals surface area contributed by atoms with Crippen LogP contribution in [0.5, 0.6) is 5.75 Å². The topological polar surface area (TPSA) is 20.2 Å². The van der Waals surface area contributed by atoms with Gasteiger partial charge in [-0.3, -0.25) is 0 Å². The Bertz CT molecular complexity index is 331. The Morgan fingerprint density at radius 2 is 2.00 bits per heavy atom. The minimum Gasteiger partial charge on any atom is -0.508 e. The molecule has 1 aromatic carbocycles. The summed E-state index contributed by atoms with van der Waals surface area (Å²) >= 11 is 0. The lowest BCUT2D eigenvalue weighted by atomic mass is 10.1. The van der Waals surface area contributed by atoms with Crippen molar-refractivity contribution in [3.05, 3.63) is 29.8 Å². The smallest absolute Gasteiger partial charge is 0.115 e. The third-order valence-corrected chi connectivity index (χ3v) is 1.95. The van der Waals surface area contributed by atoms with E-state index in [9.17, 15) is 5.11 Å². The van der Waals surface area contributed by atoms with E-state index in [4.69, 9.17) is 0 Å². The minimum absolute atomic E-state index is 0.337. The van der Waals surface area contributed by atoms with Crippen LogP contribution in [0.1, 0.15) is 31.7 Å². The molecule has 0 aliphatic rings. The van der Waals surface area contributed by atoms with Crippen LogP contribution in [0.4, 0.5) is 0 Å². The molecule has 74 valence electrons. The lowest BCUT2D eigenvalue weighted by molar-refractivity contribution is 0.474. The van der Waals surface area contributed by atoms with Crippen LogP contribution < -0.4 is 0 Å². The van der Waals surface area contributed by atoms with Crippen LogP contribution >= 0.6 is 0 Å². The van der Waals surface area contributed by atoms with Crippen molar-refractivity contribution in [3.63, 3.8) is 0 Å². The van der Waals surface area contributed by atoms with Gasteiger partial charge in [-0.05, 0) is 30.5 Å². The second-order valence-electron chi connectivity index (χ2n) is 3.27. The summed E-state index contributed by atoms with van der Waals surface area (Å²) < 4.78 is 0. The van der Waals surface area contributed by atoms with E-state index in [0.717, 1.165) is 31.2 Å². The first-order valence-corrected chi connectivity index (χ1v) is 5.06. The van der Waals surface area contributed by atoms with Gasteiger partial charge in [0.2, 0.25) is 0 Å². The average Bonchev–Trinajstić information content (AvgIpc) is 2.18. The monoisotopic (exact) mass is 188 g/mol. The number of benzene rings is 1. The van der Waals surface area contributed by atoms with E-state index in [1.807, 2.05) is 12.1 Å². The number of rotatable bonds is 3. The van der Waals surface area contributed by atoms with E-state index in [-0.39, 0.29) is 0 Å². The van der Waals surface area contributed by atoms with Gasteiger partial charge in [0, 0.05) is 12.8 Å². The minimum atomic E-state index is 0.337. The van der Waals surface area contributed by atoms with Crippen LogP contribution in [0.3, 0.4) is 0 Å². The number of phenolic OH excluding ortho intramolecular Hbond substituents is 1. The van der Waals surface area contributed by atoms with Crippen molar-refractivity contribution in [2.45, 2.75) is 32.6 Å². The van der Waals surface area contributed by atoms with Crippen molar-refractivity contribution in [2.75, 3.05) is 0 Å². The fraction of sp³-hybridized carbons (Fsp3) is 0.385. The molecule has 1 N–H and O–H groups in total. The van der Waals surface area contributed by atoms with Gasteiger partial charge in [-0.15, -0.1) is 11.8 Å². The lowest BCUT2D eigenvalue weighted by Gasteiger charge is -1.97. The molecule has 0 heterocycles. The Morgan fingerprint density at radius 3 is 2.71 bits per heavy atom. The highest BCUT2D eigenvalue weighted by molar-refractivity contribution is 5.27. The van der Waals surface area contributed by atoms with Crippen LogP contribution in [0.2, 0.25) is 0 Å². The normalized spacial score (nSPS) is 9.21. The number of aromatic hydroxyl groups is 1. The van der Waals surface area contributed by atoms with Gasteiger partial charge in [0.05, 0.1) is 0 Å². The second kappa shape index (κ2) is 6.10. The summed E-state index contributed by atoms with van der Waals surface area (Å²) in [6.07, 6.45) is 3.91. The predicted molar refractivity (Wildman–Crippen MR) is 59.1 cm³/mol. The third-order valence-electron chi connectivity index (χ3n) is 1.95. The zero-order valence-corrected chi connectivity index (χ0v) is 8.59.